The van der Waals surface area contributed by atoms with Gasteiger partial charge in [-0.05, 0) is 67.5 Å². The molecule has 38 heavy (non-hydrogen) atoms. The van der Waals surface area contributed by atoms with Crippen LogP contribution in [0.3, 0.4) is 0 Å². The van der Waals surface area contributed by atoms with E-state index in [2.05, 4.69) is 0 Å². The molecule has 4 aliphatic carbocycles. The number of hydrogen-bond acceptors (Lipinski definition) is 6. The van der Waals surface area contributed by atoms with Crippen molar-refractivity contribution in [3.63, 3.8) is 0 Å². The van der Waals surface area contributed by atoms with Crippen molar-refractivity contribution in [2.45, 2.75) is 63.2 Å². The Labute approximate surface area is 219 Å². The van der Waals surface area contributed by atoms with E-state index in [1.807, 2.05) is 0 Å². The third kappa shape index (κ3) is 3.10. The van der Waals surface area contributed by atoms with E-state index in [0.29, 0.717) is 13.0 Å². The second-order valence-electron chi connectivity index (χ2n) is 12.1. The molecule has 2 N–H and O–H groups in total. The number of carbonyl (C=O) groups excluding carboxylic acids is 2. The molecule has 9 heteroatoms. The molecule has 4 fully saturated rings. The standard InChI is InChI=1S/C29H32F3NO5/c1-26-8-7-19(35)10-22(26)23(31)11-21-20-9-17-14-33(13-16-3-5-18(30)6-4-16)38-29(17,25(37)15-34)27(20,2)12-24(36)28(21,26)32/h3-8,10,17,20-21,23-24,34,36H,9,11-15H2,1-2H3/t17-,20-,21-,23-,24-,26-,27-,28-,29-/m0/s1. The van der Waals surface area contributed by atoms with Crippen LogP contribution in [0.15, 0.2) is 48.1 Å². The molecule has 1 aromatic rings. The van der Waals surface area contributed by atoms with E-state index >= 15 is 8.78 Å². The van der Waals surface area contributed by atoms with Crippen LogP contribution in [-0.2, 0) is 21.0 Å². The van der Waals surface area contributed by atoms with Gasteiger partial charge in [-0.25, -0.2) is 13.2 Å². The monoisotopic (exact) mass is 531 g/mol. The Hall–Kier alpha value is -2.33. The minimum absolute atomic E-state index is 0.0486. The average Bonchev–Trinajstić information content (AvgIpc) is 3.35. The summed E-state index contributed by atoms with van der Waals surface area (Å²) in [6.45, 7) is 3.13. The molecule has 6 rings (SSSR count). The highest BCUT2D eigenvalue weighted by Gasteiger charge is 2.79. The van der Waals surface area contributed by atoms with Crippen LogP contribution in [0.25, 0.3) is 0 Å². The lowest BCUT2D eigenvalue weighted by atomic mass is 9.44. The van der Waals surface area contributed by atoms with Crippen LogP contribution < -0.4 is 0 Å². The number of aliphatic hydroxyl groups excluding tert-OH is 2. The van der Waals surface area contributed by atoms with Gasteiger partial charge in [0.15, 0.2) is 22.8 Å². The van der Waals surface area contributed by atoms with E-state index in [9.17, 15) is 24.2 Å². The smallest absolute Gasteiger partial charge is 0.192 e. The first kappa shape index (κ1) is 25.9. The number of allylic oxidation sites excluding steroid dienone is 4. The molecule has 3 saturated carbocycles. The topological polar surface area (TPSA) is 87.1 Å². The second-order valence-corrected chi connectivity index (χ2v) is 12.1. The fourth-order valence-electron chi connectivity index (χ4n) is 8.83. The van der Waals surface area contributed by atoms with Gasteiger partial charge in [-0.15, -0.1) is 0 Å². The first-order valence-corrected chi connectivity index (χ1v) is 13.2. The van der Waals surface area contributed by atoms with Crippen molar-refractivity contribution in [1.29, 1.82) is 0 Å². The summed E-state index contributed by atoms with van der Waals surface area (Å²) >= 11 is 0. The number of ketones is 2. The summed E-state index contributed by atoms with van der Waals surface area (Å²) in [5.41, 5.74) is -5.54. The maximum Gasteiger partial charge on any atom is 0.192 e. The van der Waals surface area contributed by atoms with Crippen LogP contribution >= 0.6 is 0 Å². The third-order valence-corrected chi connectivity index (χ3v) is 10.5. The van der Waals surface area contributed by atoms with Gasteiger partial charge < -0.3 is 10.2 Å². The molecule has 5 aliphatic rings. The molecule has 0 bridgehead atoms. The highest BCUT2D eigenvalue weighted by molar-refractivity contribution is 6.01. The molecule has 0 radical (unpaired) electrons. The number of rotatable bonds is 4. The van der Waals surface area contributed by atoms with Crippen molar-refractivity contribution >= 4 is 11.6 Å². The molecule has 1 saturated heterocycles. The number of nitrogens with zero attached hydrogens (tertiary/aromatic N) is 1. The van der Waals surface area contributed by atoms with E-state index in [-0.39, 0.29) is 30.8 Å². The van der Waals surface area contributed by atoms with Crippen LogP contribution in [0.4, 0.5) is 13.2 Å². The van der Waals surface area contributed by atoms with E-state index in [1.165, 1.54) is 31.2 Å². The Morgan fingerprint density at radius 1 is 1.18 bits per heavy atom. The van der Waals surface area contributed by atoms with Crippen molar-refractivity contribution in [3.8, 4) is 0 Å². The SMILES string of the molecule is C[C@]12C=CC(=O)C=C1[C@@H](F)C[C@H]1[C@@H]3C[C@H]4CN(Cc5ccc(F)cc5)O[C@@]4(C(=O)CO)[C@@]3(C)C[C@H](O)[C@@]12F. The summed E-state index contributed by atoms with van der Waals surface area (Å²) in [6, 6.07) is 5.92. The number of carbonyl (C=O) groups is 2. The zero-order chi connectivity index (χ0) is 27.3. The number of fused-ring (bicyclic) bond motifs is 7. The van der Waals surface area contributed by atoms with Gasteiger partial charge in [0.25, 0.3) is 0 Å². The lowest BCUT2D eigenvalue weighted by Gasteiger charge is -2.63. The molecular weight excluding hydrogens is 499 g/mol. The Bertz CT molecular complexity index is 1250. The molecule has 1 aromatic carbocycles. The maximum absolute atomic E-state index is 17.4. The van der Waals surface area contributed by atoms with Crippen molar-refractivity contribution in [2.24, 2.45) is 28.6 Å². The first-order chi connectivity index (χ1) is 17.9. The quantitative estimate of drug-likeness (QED) is 0.620. The molecule has 0 spiro atoms. The predicted molar refractivity (Wildman–Crippen MR) is 130 cm³/mol. The molecule has 9 atom stereocenters. The van der Waals surface area contributed by atoms with E-state index in [4.69, 9.17) is 4.84 Å². The number of benzene rings is 1. The predicted octanol–water partition coefficient (Wildman–Crippen LogP) is 3.42. The lowest BCUT2D eigenvalue weighted by molar-refractivity contribution is -0.269. The number of Topliss-reactive ketones (excluding diaryl/α,β-unsaturated/α-hetero) is 1. The summed E-state index contributed by atoms with van der Waals surface area (Å²) in [5, 5.41) is 23.2. The van der Waals surface area contributed by atoms with Gasteiger partial charge in [-0.1, -0.05) is 25.1 Å². The number of aliphatic hydroxyl groups is 2. The van der Waals surface area contributed by atoms with Gasteiger partial charge in [-0.3, -0.25) is 14.4 Å². The van der Waals surface area contributed by atoms with Crippen LogP contribution in [-0.4, -0.2) is 63.5 Å². The Balaban J connectivity index is 1.39. The highest BCUT2D eigenvalue weighted by Crippen LogP contribution is 2.72. The normalized spacial score (nSPS) is 45.7. The van der Waals surface area contributed by atoms with Crippen molar-refractivity contribution < 1.29 is 37.8 Å². The minimum Gasteiger partial charge on any atom is -0.390 e. The summed E-state index contributed by atoms with van der Waals surface area (Å²) in [7, 11) is 0. The van der Waals surface area contributed by atoms with Crippen LogP contribution in [0.1, 0.15) is 38.7 Å². The van der Waals surface area contributed by atoms with Gasteiger partial charge in [0.2, 0.25) is 0 Å². The van der Waals surface area contributed by atoms with Gasteiger partial charge >= 0.3 is 0 Å². The van der Waals surface area contributed by atoms with Gasteiger partial charge in [0, 0.05) is 35.8 Å². The molecule has 0 amide bonds. The summed E-state index contributed by atoms with van der Waals surface area (Å²) < 4.78 is 46.4. The van der Waals surface area contributed by atoms with Crippen LogP contribution in [0, 0.1) is 34.4 Å². The largest absolute Gasteiger partial charge is 0.390 e. The molecule has 204 valence electrons. The van der Waals surface area contributed by atoms with Crippen molar-refractivity contribution in [1.82, 2.24) is 5.06 Å². The van der Waals surface area contributed by atoms with Crippen molar-refractivity contribution in [3.05, 3.63) is 59.4 Å². The van der Waals surface area contributed by atoms with Crippen molar-refractivity contribution in [2.75, 3.05) is 13.2 Å². The highest BCUT2D eigenvalue weighted by atomic mass is 19.1. The number of alkyl halides is 2. The van der Waals surface area contributed by atoms with E-state index < -0.39 is 70.3 Å². The summed E-state index contributed by atoms with van der Waals surface area (Å²) in [4.78, 5) is 31.9. The molecule has 1 aliphatic heterocycles. The molecule has 6 nitrogen and oxygen atoms in total. The fourth-order valence-corrected chi connectivity index (χ4v) is 8.83. The average molecular weight is 532 g/mol. The Morgan fingerprint density at radius 2 is 1.89 bits per heavy atom. The Morgan fingerprint density at radius 3 is 2.58 bits per heavy atom. The van der Waals surface area contributed by atoms with Gasteiger partial charge in [-0.2, -0.15) is 5.06 Å². The lowest BCUT2D eigenvalue weighted by Crippen LogP contribution is -2.70. The Kier molecular flexibility index (Phi) is 5.69. The third-order valence-electron chi connectivity index (χ3n) is 10.5. The molecule has 0 aromatic heterocycles. The molecule has 0 unspecified atom stereocenters. The minimum atomic E-state index is -2.25. The maximum atomic E-state index is 17.4. The number of hydrogen-bond donors (Lipinski definition) is 2. The second kappa shape index (κ2) is 8.34. The van der Waals surface area contributed by atoms with E-state index in [1.54, 1.807) is 24.1 Å². The van der Waals surface area contributed by atoms with E-state index in [0.717, 1.165) is 11.6 Å². The summed E-state index contributed by atoms with van der Waals surface area (Å²) in [5.74, 6) is -3.19. The van der Waals surface area contributed by atoms with Gasteiger partial charge in [0.1, 0.15) is 18.6 Å². The number of hydroxylamine groups is 2. The van der Waals surface area contributed by atoms with Crippen LogP contribution in [0.2, 0.25) is 0 Å². The van der Waals surface area contributed by atoms with Crippen LogP contribution in [0.5, 0.6) is 0 Å². The zero-order valence-corrected chi connectivity index (χ0v) is 21.4. The van der Waals surface area contributed by atoms with Gasteiger partial charge in [0.05, 0.1) is 6.10 Å². The first-order valence-electron chi connectivity index (χ1n) is 13.2. The fraction of sp³-hybridized carbons (Fsp3) is 0.586. The zero-order valence-electron chi connectivity index (χ0n) is 21.4. The molecular formula is C29H32F3NO5. The molecule has 1 heterocycles. The number of halogens is 3. The summed E-state index contributed by atoms with van der Waals surface area (Å²) in [6.07, 6.45) is 0.653.